The average Bonchev–Trinajstić information content (AvgIpc) is 2.65. The number of carbonyl (C=O) groups is 1. The third kappa shape index (κ3) is 2.51. The lowest BCUT2D eigenvalue weighted by molar-refractivity contribution is 0.0691. The minimum Gasteiger partial charge on any atom is -0.476 e. The van der Waals surface area contributed by atoms with Crippen LogP contribution >= 0.6 is 19.2 Å². The molecule has 0 aliphatic rings. The molecule has 3 N–H and O–H groups in total. The molecule has 0 bridgehead atoms. The number of fused-ring (bicyclic) bond motifs is 1. The van der Waals surface area contributed by atoms with E-state index in [0.29, 0.717) is 0 Å². The standard InChI is InChI=1S/C8H7ClN3O5P/c9-4-1-10-8-11-5(7(13)14)2-12(8)6(4)3-18(15,16)17/h1-2H,3H2,(H,13,14)(H2,15,16,17). The predicted octanol–water partition coefficient (Wildman–Crippen LogP) is 0.759. The smallest absolute Gasteiger partial charge is 0.356 e. The van der Waals surface area contributed by atoms with Crippen molar-refractivity contribution in [3.05, 3.63) is 28.8 Å². The summed E-state index contributed by atoms with van der Waals surface area (Å²) in [5.41, 5.74) is -0.216. The van der Waals surface area contributed by atoms with E-state index in [-0.39, 0.29) is 22.2 Å². The third-order valence-corrected chi connectivity index (χ3v) is 3.15. The van der Waals surface area contributed by atoms with Crippen LogP contribution in [-0.4, -0.2) is 35.2 Å². The summed E-state index contributed by atoms with van der Waals surface area (Å²) in [5.74, 6) is -1.25. The minimum atomic E-state index is -4.34. The molecule has 0 amide bonds. The Kier molecular flexibility index (Phi) is 3.12. The number of aromatic carboxylic acids is 1. The minimum absolute atomic E-state index is 0.0141. The fourth-order valence-corrected chi connectivity index (χ4v) is 2.43. The van der Waals surface area contributed by atoms with E-state index in [9.17, 15) is 9.36 Å². The number of nitrogens with zero attached hydrogens (tertiary/aromatic N) is 3. The first kappa shape index (κ1) is 13.0. The van der Waals surface area contributed by atoms with Gasteiger partial charge in [0.1, 0.15) is 0 Å². The maximum Gasteiger partial charge on any atom is 0.356 e. The number of carboxylic acid groups (broad SMARTS) is 1. The van der Waals surface area contributed by atoms with Crippen molar-refractivity contribution in [2.75, 3.05) is 0 Å². The van der Waals surface area contributed by atoms with Crippen molar-refractivity contribution in [3.8, 4) is 0 Å². The van der Waals surface area contributed by atoms with Gasteiger partial charge in [0.15, 0.2) is 5.69 Å². The van der Waals surface area contributed by atoms with Crippen molar-refractivity contribution in [1.82, 2.24) is 14.4 Å². The highest BCUT2D eigenvalue weighted by Gasteiger charge is 2.21. The van der Waals surface area contributed by atoms with Crippen LogP contribution in [0.3, 0.4) is 0 Å². The van der Waals surface area contributed by atoms with E-state index in [4.69, 9.17) is 26.5 Å². The lowest BCUT2D eigenvalue weighted by Crippen LogP contribution is -2.00. The van der Waals surface area contributed by atoms with Crippen molar-refractivity contribution in [2.24, 2.45) is 0 Å². The van der Waals surface area contributed by atoms with Gasteiger partial charge < -0.3 is 14.9 Å². The second kappa shape index (κ2) is 4.33. The van der Waals surface area contributed by atoms with Crippen molar-refractivity contribution in [1.29, 1.82) is 0 Å². The average molecular weight is 292 g/mol. The normalized spacial score (nSPS) is 11.9. The Bertz CT molecular complexity index is 679. The molecule has 0 atom stereocenters. The molecule has 0 unspecified atom stereocenters. The summed E-state index contributed by atoms with van der Waals surface area (Å²) in [5, 5.41) is 8.82. The number of hydrogen-bond acceptors (Lipinski definition) is 4. The second-order valence-electron chi connectivity index (χ2n) is 3.48. The zero-order valence-electron chi connectivity index (χ0n) is 8.69. The maximum atomic E-state index is 11.0. The molecule has 0 radical (unpaired) electrons. The van der Waals surface area contributed by atoms with E-state index in [1.54, 1.807) is 0 Å². The zero-order valence-corrected chi connectivity index (χ0v) is 10.3. The number of rotatable bonds is 3. The van der Waals surface area contributed by atoms with Gasteiger partial charge in [0.05, 0.1) is 23.1 Å². The van der Waals surface area contributed by atoms with Crippen molar-refractivity contribution in [3.63, 3.8) is 0 Å². The van der Waals surface area contributed by atoms with Crippen LogP contribution in [0.15, 0.2) is 12.4 Å². The Morgan fingerprint density at radius 1 is 1.50 bits per heavy atom. The Balaban J connectivity index is 2.66. The molecular weight excluding hydrogens is 285 g/mol. The summed E-state index contributed by atoms with van der Waals surface area (Å²) in [6.45, 7) is 0. The van der Waals surface area contributed by atoms with Gasteiger partial charge in [0.25, 0.3) is 0 Å². The Morgan fingerprint density at radius 2 is 2.17 bits per heavy atom. The first-order valence-corrected chi connectivity index (χ1v) is 6.76. The molecule has 0 fully saturated rings. The van der Waals surface area contributed by atoms with Gasteiger partial charge in [-0.1, -0.05) is 11.6 Å². The largest absolute Gasteiger partial charge is 0.476 e. The highest BCUT2D eigenvalue weighted by molar-refractivity contribution is 7.50. The van der Waals surface area contributed by atoms with E-state index in [1.807, 2.05) is 0 Å². The van der Waals surface area contributed by atoms with Crippen LogP contribution in [0.25, 0.3) is 5.78 Å². The van der Waals surface area contributed by atoms with Crippen LogP contribution < -0.4 is 0 Å². The molecule has 2 aromatic rings. The lowest BCUT2D eigenvalue weighted by Gasteiger charge is -2.08. The Labute approximate surface area is 105 Å². The van der Waals surface area contributed by atoms with Crippen LogP contribution in [0.4, 0.5) is 0 Å². The molecule has 0 saturated carbocycles. The molecule has 2 heterocycles. The van der Waals surface area contributed by atoms with Crippen LogP contribution in [-0.2, 0) is 10.7 Å². The molecule has 0 spiro atoms. The summed E-state index contributed by atoms with van der Waals surface area (Å²) in [4.78, 5) is 36.1. The molecule has 0 aliphatic carbocycles. The van der Waals surface area contributed by atoms with Gasteiger partial charge in [-0.05, 0) is 0 Å². The van der Waals surface area contributed by atoms with Gasteiger partial charge in [0, 0.05) is 6.20 Å². The highest BCUT2D eigenvalue weighted by atomic mass is 35.5. The van der Waals surface area contributed by atoms with Crippen molar-refractivity contribution in [2.45, 2.75) is 6.16 Å². The SMILES string of the molecule is O=C(O)c1cn2c(CP(=O)(O)O)c(Cl)cnc2n1. The lowest BCUT2D eigenvalue weighted by atomic mass is 10.4. The van der Waals surface area contributed by atoms with Crippen LogP contribution in [0.1, 0.15) is 16.2 Å². The van der Waals surface area contributed by atoms with Gasteiger partial charge in [-0.3, -0.25) is 8.97 Å². The molecule has 18 heavy (non-hydrogen) atoms. The summed E-state index contributed by atoms with van der Waals surface area (Å²) >= 11 is 5.80. The van der Waals surface area contributed by atoms with E-state index in [2.05, 4.69) is 9.97 Å². The molecule has 0 aliphatic heterocycles. The number of imidazole rings is 1. The molecule has 8 nitrogen and oxygen atoms in total. The second-order valence-corrected chi connectivity index (χ2v) is 5.53. The van der Waals surface area contributed by atoms with Gasteiger partial charge in [-0.15, -0.1) is 0 Å². The molecule has 0 aromatic carbocycles. The number of halogens is 1. The van der Waals surface area contributed by atoms with Crippen LogP contribution in [0, 0.1) is 0 Å². The monoisotopic (exact) mass is 291 g/mol. The third-order valence-electron chi connectivity index (χ3n) is 2.12. The molecule has 96 valence electrons. The molecule has 10 heteroatoms. The quantitative estimate of drug-likeness (QED) is 0.713. The number of hydrogen-bond donors (Lipinski definition) is 3. The summed E-state index contributed by atoms with van der Waals surface area (Å²) < 4.78 is 12.2. The molecular formula is C8H7ClN3O5P. The molecule has 2 aromatic heterocycles. The first-order valence-electron chi connectivity index (χ1n) is 4.58. The Hall–Kier alpha value is -1.47. The van der Waals surface area contributed by atoms with Crippen molar-refractivity contribution >= 4 is 30.9 Å². The van der Waals surface area contributed by atoms with Crippen molar-refractivity contribution < 1.29 is 24.3 Å². The maximum absolute atomic E-state index is 11.0. The number of carboxylic acids is 1. The van der Waals surface area contributed by atoms with Gasteiger partial charge in [0.2, 0.25) is 5.78 Å². The van der Waals surface area contributed by atoms with E-state index < -0.39 is 19.7 Å². The fraction of sp³-hybridized carbons (Fsp3) is 0.125. The summed E-state index contributed by atoms with van der Waals surface area (Å²) in [7, 11) is -4.34. The van der Waals surface area contributed by atoms with E-state index >= 15 is 0 Å². The summed E-state index contributed by atoms with van der Waals surface area (Å²) in [6, 6.07) is 0. The first-order chi connectivity index (χ1) is 8.28. The van der Waals surface area contributed by atoms with E-state index in [1.165, 1.54) is 6.20 Å². The highest BCUT2D eigenvalue weighted by Crippen LogP contribution is 2.40. The number of aromatic nitrogens is 3. The van der Waals surface area contributed by atoms with Gasteiger partial charge in [-0.2, -0.15) is 0 Å². The molecule has 0 saturated heterocycles. The topological polar surface area (TPSA) is 125 Å². The fourth-order valence-electron chi connectivity index (χ4n) is 1.41. The van der Waals surface area contributed by atoms with Crippen LogP contribution in [0.5, 0.6) is 0 Å². The van der Waals surface area contributed by atoms with Gasteiger partial charge in [-0.25, -0.2) is 14.8 Å². The van der Waals surface area contributed by atoms with Gasteiger partial charge >= 0.3 is 13.6 Å². The van der Waals surface area contributed by atoms with Crippen LogP contribution in [0.2, 0.25) is 5.02 Å². The van der Waals surface area contributed by atoms with E-state index in [0.717, 1.165) is 10.6 Å². The Morgan fingerprint density at radius 3 is 2.72 bits per heavy atom. The summed E-state index contributed by atoms with van der Waals surface area (Å²) in [6.07, 6.45) is 1.66. The zero-order chi connectivity index (χ0) is 13.5. The predicted molar refractivity (Wildman–Crippen MR) is 60.7 cm³/mol. The molecule has 2 rings (SSSR count).